The molecule has 3 aromatic rings. The van der Waals surface area contributed by atoms with E-state index in [9.17, 15) is 4.79 Å². The standard InChI is InChI=1S/C17H17N3O/c1-12-14(15-6-2-3-7-16(15)20-12)8-10-19-17(21)13-5-4-9-18-11-13/h2-7,9,11,20H,8,10H2,1H3,(H,19,21). The van der Waals surface area contributed by atoms with E-state index in [4.69, 9.17) is 0 Å². The van der Waals surface area contributed by atoms with Crippen LogP contribution in [0.5, 0.6) is 0 Å². The molecule has 1 amide bonds. The van der Waals surface area contributed by atoms with E-state index < -0.39 is 0 Å². The number of pyridine rings is 1. The van der Waals surface area contributed by atoms with E-state index in [0.29, 0.717) is 12.1 Å². The molecule has 0 bridgehead atoms. The summed E-state index contributed by atoms with van der Waals surface area (Å²) in [5, 5.41) is 4.16. The first-order chi connectivity index (χ1) is 10.3. The second-order valence-corrected chi connectivity index (χ2v) is 5.02. The van der Waals surface area contributed by atoms with Gasteiger partial charge in [0.2, 0.25) is 0 Å². The number of benzene rings is 1. The van der Waals surface area contributed by atoms with E-state index in [2.05, 4.69) is 34.3 Å². The van der Waals surface area contributed by atoms with E-state index in [1.807, 2.05) is 12.1 Å². The molecular formula is C17H17N3O. The van der Waals surface area contributed by atoms with Crippen LogP contribution in [0.3, 0.4) is 0 Å². The number of fused-ring (bicyclic) bond motifs is 1. The van der Waals surface area contributed by atoms with Crippen molar-refractivity contribution in [3.63, 3.8) is 0 Å². The molecule has 0 aliphatic heterocycles. The van der Waals surface area contributed by atoms with E-state index in [0.717, 1.165) is 17.6 Å². The molecule has 2 heterocycles. The summed E-state index contributed by atoms with van der Waals surface area (Å²) in [7, 11) is 0. The van der Waals surface area contributed by atoms with E-state index >= 15 is 0 Å². The number of carbonyl (C=O) groups is 1. The Bertz CT molecular complexity index is 762. The molecule has 3 rings (SSSR count). The van der Waals surface area contributed by atoms with Gasteiger partial charge in [-0.3, -0.25) is 9.78 Å². The van der Waals surface area contributed by atoms with Crippen LogP contribution in [0.2, 0.25) is 0 Å². The molecule has 4 nitrogen and oxygen atoms in total. The van der Waals surface area contributed by atoms with Gasteiger partial charge >= 0.3 is 0 Å². The maximum absolute atomic E-state index is 12.0. The summed E-state index contributed by atoms with van der Waals surface area (Å²) in [5.74, 6) is -0.0828. The average molecular weight is 279 g/mol. The van der Waals surface area contributed by atoms with Gasteiger partial charge in [-0.15, -0.1) is 0 Å². The molecule has 0 radical (unpaired) electrons. The molecule has 0 spiro atoms. The largest absolute Gasteiger partial charge is 0.358 e. The highest BCUT2D eigenvalue weighted by molar-refractivity contribution is 5.93. The van der Waals surface area contributed by atoms with Crippen molar-refractivity contribution in [1.29, 1.82) is 0 Å². The Morgan fingerprint density at radius 3 is 2.90 bits per heavy atom. The minimum atomic E-state index is -0.0828. The summed E-state index contributed by atoms with van der Waals surface area (Å²) in [6.45, 7) is 2.68. The van der Waals surface area contributed by atoms with Gasteiger partial charge in [0.25, 0.3) is 5.91 Å². The summed E-state index contributed by atoms with van der Waals surface area (Å²) in [4.78, 5) is 19.3. The van der Waals surface area contributed by atoms with Gasteiger partial charge in [0, 0.05) is 35.5 Å². The summed E-state index contributed by atoms with van der Waals surface area (Å²) in [6, 6.07) is 11.8. The molecule has 0 saturated carbocycles. The highest BCUT2D eigenvalue weighted by Crippen LogP contribution is 2.21. The Hall–Kier alpha value is -2.62. The lowest BCUT2D eigenvalue weighted by Gasteiger charge is -2.05. The first kappa shape index (κ1) is 13.4. The number of nitrogens with zero attached hydrogens (tertiary/aromatic N) is 1. The monoisotopic (exact) mass is 279 g/mol. The summed E-state index contributed by atoms with van der Waals surface area (Å²) >= 11 is 0. The zero-order chi connectivity index (χ0) is 14.7. The fourth-order valence-electron chi connectivity index (χ4n) is 2.56. The van der Waals surface area contributed by atoms with E-state index in [-0.39, 0.29) is 5.91 Å². The van der Waals surface area contributed by atoms with Gasteiger partial charge in [0.05, 0.1) is 5.56 Å². The van der Waals surface area contributed by atoms with Crippen molar-refractivity contribution in [3.8, 4) is 0 Å². The lowest BCUT2D eigenvalue weighted by atomic mass is 10.1. The van der Waals surface area contributed by atoms with Crippen molar-refractivity contribution in [2.75, 3.05) is 6.54 Å². The average Bonchev–Trinajstić information content (AvgIpc) is 2.84. The number of rotatable bonds is 4. The molecule has 0 saturated heterocycles. The number of aromatic amines is 1. The zero-order valence-corrected chi connectivity index (χ0v) is 11.9. The molecule has 0 unspecified atom stereocenters. The Morgan fingerprint density at radius 2 is 2.10 bits per heavy atom. The molecular weight excluding hydrogens is 262 g/mol. The molecule has 21 heavy (non-hydrogen) atoms. The number of aromatic nitrogens is 2. The fraction of sp³-hybridized carbons (Fsp3) is 0.176. The predicted molar refractivity (Wildman–Crippen MR) is 83.3 cm³/mol. The number of carbonyl (C=O) groups excluding carboxylic acids is 1. The van der Waals surface area contributed by atoms with Crippen LogP contribution in [-0.4, -0.2) is 22.4 Å². The van der Waals surface area contributed by atoms with Crippen LogP contribution in [0.1, 0.15) is 21.6 Å². The quantitative estimate of drug-likeness (QED) is 0.771. The van der Waals surface area contributed by atoms with Gasteiger partial charge < -0.3 is 10.3 Å². The van der Waals surface area contributed by atoms with Crippen molar-refractivity contribution in [2.24, 2.45) is 0 Å². The number of hydrogen-bond donors (Lipinski definition) is 2. The summed E-state index contributed by atoms with van der Waals surface area (Å²) < 4.78 is 0. The van der Waals surface area contributed by atoms with Crippen LogP contribution in [0.15, 0.2) is 48.8 Å². The predicted octanol–water partition coefficient (Wildman–Crippen LogP) is 2.84. The molecule has 2 N–H and O–H groups in total. The summed E-state index contributed by atoms with van der Waals surface area (Å²) in [5.41, 5.74) is 4.15. The second kappa shape index (κ2) is 5.79. The fourth-order valence-corrected chi connectivity index (χ4v) is 2.56. The van der Waals surface area contributed by atoms with Crippen molar-refractivity contribution in [3.05, 3.63) is 65.6 Å². The molecule has 0 fully saturated rings. The van der Waals surface area contributed by atoms with Gasteiger partial charge in [0.1, 0.15) is 0 Å². The van der Waals surface area contributed by atoms with Gasteiger partial charge in [-0.1, -0.05) is 18.2 Å². The minimum Gasteiger partial charge on any atom is -0.358 e. The van der Waals surface area contributed by atoms with Crippen LogP contribution >= 0.6 is 0 Å². The van der Waals surface area contributed by atoms with Crippen LogP contribution < -0.4 is 5.32 Å². The smallest absolute Gasteiger partial charge is 0.252 e. The van der Waals surface area contributed by atoms with Crippen molar-refractivity contribution >= 4 is 16.8 Å². The van der Waals surface area contributed by atoms with Gasteiger partial charge in [0.15, 0.2) is 0 Å². The number of aryl methyl sites for hydroxylation is 1. The Kier molecular flexibility index (Phi) is 3.69. The molecule has 1 aromatic carbocycles. The number of amides is 1. The normalized spacial score (nSPS) is 10.7. The number of H-pyrrole nitrogens is 1. The lowest BCUT2D eigenvalue weighted by Crippen LogP contribution is -2.25. The lowest BCUT2D eigenvalue weighted by molar-refractivity contribution is 0.0954. The van der Waals surface area contributed by atoms with Crippen LogP contribution in [0.25, 0.3) is 10.9 Å². The van der Waals surface area contributed by atoms with Gasteiger partial charge in [-0.2, -0.15) is 0 Å². The molecule has 0 atom stereocenters. The first-order valence-corrected chi connectivity index (χ1v) is 7.00. The number of hydrogen-bond acceptors (Lipinski definition) is 2. The summed E-state index contributed by atoms with van der Waals surface area (Å²) in [6.07, 6.45) is 4.04. The van der Waals surface area contributed by atoms with Gasteiger partial charge in [-0.25, -0.2) is 0 Å². The topological polar surface area (TPSA) is 57.8 Å². The van der Waals surface area contributed by atoms with Crippen LogP contribution in [-0.2, 0) is 6.42 Å². The maximum Gasteiger partial charge on any atom is 0.252 e. The molecule has 2 aromatic heterocycles. The van der Waals surface area contributed by atoms with E-state index in [1.165, 1.54) is 10.9 Å². The zero-order valence-electron chi connectivity index (χ0n) is 11.9. The second-order valence-electron chi connectivity index (χ2n) is 5.02. The molecule has 0 aliphatic carbocycles. The van der Waals surface area contributed by atoms with Crippen LogP contribution in [0.4, 0.5) is 0 Å². The highest BCUT2D eigenvalue weighted by atomic mass is 16.1. The first-order valence-electron chi connectivity index (χ1n) is 7.00. The van der Waals surface area contributed by atoms with Crippen molar-refractivity contribution in [2.45, 2.75) is 13.3 Å². The van der Waals surface area contributed by atoms with Crippen molar-refractivity contribution in [1.82, 2.24) is 15.3 Å². The third kappa shape index (κ3) is 2.79. The number of nitrogens with one attached hydrogen (secondary N) is 2. The molecule has 0 aliphatic rings. The third-order valence-corrected chi connectivity index (χ3v) is 3.61. The highest BCUT2D eigenvalue weighted by Gasteiger charge is 2.09. The SMILES string of the molecule is Cc1[nH]c2ccccc2c1CCNC(=O)c1cccnc1. The molecule has 106 valence electrons. The minimum absolute atomic E-state index is 0.0828. The van der Waals surface area contributed by atoms with Crippen LogP contribution in [0, 0.1) is 6.92 Å². The Labute approximate surface area is 123 Å². The maximum atomic E-state index is 12.0. The van der Waals surface area contributed by atoms with Crippen molar-refractivity contribution < 1.29 is 4.79 Å². The Balaban J connectivity index is 1.67. The molecule has 4 heteroatoms. The third-order valence-electron chi connectivity index (χ3n) is 3.61. The van der Waals surface area contributed by atoms with Gasteiger partial charge in [-0.05, 0) is 37.1 Å². The van der Waals surface area contributed by atoms with E-state index in [1.54, 1.807) is 24.5 Å². The number of para-hydroxylation sites is 1. The Morgan fingerprint density at radius 1 is 1.24 bits per heavy atom.